The van der Waals surface area contributed by atoms with Crippen molar-refractivity contribution in [3.63, 3.8) is 0 Å². The quantitative estimate of drug-likeness (QED) is 0.485. The molecule has 0 unspecified atom stereocenters. The van der Waals surface area contributed by atoms with Crippen molar-refractivity contribution < 1.29 is 4.79 Å². The lowest BCUT2D eigenvalue weighted by Crippen LogP contribution is -2.02. The maximum absolute atomic E-state index is 10.5. The van der Waals surface area contributed by atoms with E-state index >= 15 is 0 Å². The highest BCUT2D eigenvalue weighted by atomic mass is 16.1. The fourth-order valence-electron chi connectivity index (χ4n) is 1.11. The zero-order valence-electron chi connectivity index (χ0n) is 7.22. The number of benzene rings is 1. The molecule has 0 bridgehead atoms. The lowest BCUT2D eigenvalue weighted by Gasteiger charge is -2.09. The summed E-state index contributed by atoms with van der Waals surface area (Å²) in [7, 11) is 0. The van der Waals surface area contributed by atoms with Gasteiger partial charge in [0, 0.05) is 5.56 Å². The van der Waals surface area contributed by atoms with Gasteiger partial charge in [0.15, 0.2) is 0 Å². The van der Waals surface area contributed by atoms with E-state index in [-0.39, 0.29) is 0 Å². The summed E-state index contributed by atoms with van der Waals surface area (Å²) in [5.74, 6) is 0. The molecule has 0 heterocycles. The summed E-state index contributed by atoms with van der Waals surface area (Å²) in [4.78, 5) is 10.5. The van der Waals surface area contributed by atoms with Crippen molar-refractivity contribution in [1.29, 1.82) is 0 Å². The molecule has 64 valence electrons. The van der Waals surface area contributed by atoms with Crippen molar-refractivity contribution in [2.24, 2.45) is 0 Å². The number of aryl methyl sites for hydroxylation is 1. The molecule has 0 saturated carbocycles. The number of hydrogen-bond donors (Lipinski definition) is 2. The largest absolute Gasteiger partial charge is 0.397 e. The van der Waals surface area contributed by atoms with Crippen LogP contribution in [0.1, 0.15) is 21.5 Å². The van der Waals surface area contributed by atoms with Gasteiger partial charge in [-0.25, -0.2) is 0 Å². The predicted molar refractivity (Wildman–Crippen MR) is 50.1 cm³/mol. The molecule has 0 aromatic heterocycles. The number of aldehydes is 1. The van der Waals surface area contributed by atoms with Crippen LogP contribution in [0.25, 0.3) is 0 Å². The fourth-order valence-corrected chi connectivity index (χ4v) is 1.11. The minimum atomic E-state index is 0.511. The number of anilines is 2. The van der Waals surface area contributed by atoms with Crippen LogP contribution in [0.2, 0.25) is 0 Å². The molecule has 0 fully saturated rings. The van der Waals surface area contributed by atoms with Crippen LogP contribution in [0.15, 0.2) is 6.07 Å². The van der Waals surface area contributed by atoms with E-state index in [1.54, 1.807) is 13.0 Å². The molecule has 0 aliphatic rings. The Kier molecular flexibility index (Phi) is 2.04. The summed E-state index contributed by atoms with van der Waals surface area (Å²) in [6, 6.07) is 1.74. The van der Waals surface area contributed by atoms with Crippen molar-refractivity contribution in [2.45, 2.75) is 13.8 Å². The highest BCUT2D eigenvalue weighted by Crippen LogP contribution is 2.25. The third kappa shape index (κ3) is 1.13. The van der Waals surface area contributed by atoms with Crippen LogP contribution in [0.5, 0.6) is 0 Å². The van der Waals surface area contributed by atoms with Crippen molar-refractivity contribution in [3.05, 3.63) is 22.8 Å². The van der Waals surface area contributed by atoms with Gasteiger partial charge in [-0.05, 0) is 31.0 Å². The van der Waals surface area contributed by atoms with Crippen molar-refractivity contribution in [1.82, 2.24) is 0 Å². The van der Waals surface area contributed by atoms with Gasteiger partial charge in [-0.1, -0.05) is 0 Å². The highest BCUT2D eigenvalue weighted by Gasteiger charge is 2.06. The fraction of sp³-hybridized carbons (Fsp3) is 0.222. The van der Waals surface area contributed by atoms with Crippen LogP contribution < -0.4 is 11.5 Å². The Hall–Kier alpha value is -1.51. The number of carbonyl (C=O) groups excluding carboxylic acids is 1. The molecule has 3 nitrogen and oxygen atoms in total. The Bertz CT molecular complexity index is 332. The molecule has 0 spiro atoms. The van der Waals surface area contributed by atoms with E-state index in [9.17, 15) is 4.79 Å². The zero-order chi connectivity index (χ0) is 9.30. The van der Waals surface area contributed by atoms with Crippen LogP contribution in [-0.2, 0) is 0 Å². The van der Waals surface area contributed by atoms with Gasteiger partial charge in [0.2, 0.25) is 0 Å². The van der Waals surface area contributed by atoms with Gasteiger partial charge in [0.05, 0.1) is 11.4 Å². The summed E-state index contributed by atoms with van der Waals surface area (Å²) in [6.45, 7) is 3.62. The first-order chi connectivity index (χ1) is 5.57. The Morgan fingerprint density at radius 1 is 1.25 bits per heavy atom. The molecule has 0 atom stereocenters. The lowest BCUT2D eigenvalue weighted by atomic mass is 10.0. The van der Waals surface area contributed by atoms with E-state index in [4.69, 9.17) is 11.5 Å². The predicted octanol–water partition coefficient (Wildman–Crippen LogP) is 1.28. The molecular weight excluding hydrogens is 152 g/mol. The number of hydrogen-bond acceptors (Lipinski definition) is 3. The van der Waals surface area contributed by atoms with E-state index in [1.165, 1.54) is 0 Å². The molecular formula is C9H12N2O. The number of rotatable bonds is 1. The summed E-state index contributed by atoms with van der Waals surface area (Å²) >= 11 is 0. The van der Waals surface area contributed by atoms with Crippen molar-refractivity contribution in [2.75, 3.05) is 11.5 Å². The Balaban J connectivity index is 3.49. The minimum absolute atomic E-state index is 0.511. The number of nitrogens with two attached hydrogens (primary N) is 2. The van der Waals surface area contributed by atoms with E-state index in [1.807, 2.05) is 6.92 Å². The third-order valence-corrected chi connectivity index (χ3v) is 2.05. The van der Waals surface area contributed by atoms with Gasteiger partial charge in [0.25, 0.3) is 0 Å². The van der Waals surface area contributed by atoms with E-state index in [2.05, 4.69) is 0 Å². The maximum Gasteiger partial charge on any atom is 0.150 e. The monoisotopic (exact) mass is 164 g/mol. The molecule has 0 amide bonds. The average Bonchev–Trinajstić information content (AvgIpc) is 2.08. The topological polar surface area (TPSA) is 69.1 Å². The van der Waals surface area contributed by atoms with Gasteiger partial charge < -0.3 is 11.5 Å². The van der Waals surface area contributed by atoms with Gasteiger partial charge in [-0.15, -0.1) is 0 Å². The molecule has 1 aromatic carbocycles. The van der Waals surface area contributed by atoms with Crippen LogP contribution in [0.3, 0.4) is 0 Å². The molecule has 0 aliphatic carbocycles. The van der Waals surface area contributed by atoms with Gasteiger partial charge in [-0.3, -0.25) is 4.79 Å². The van der Waals surface area contributed by atoms with Crippen LogP contribution in [0, 0.1) is 13.8 Å². The second kappa shape index (κ2) is 2.85. The highest BCUT2D eigenvalue weighted by molar-refractivity contribution is 5.85. The summed E-state index contributed by atoms with van der Waals surface area (Å²) in [6.07, 6.45) is 0.790. The Morgan fingerprint density at radius 2 is 1.83 bits per heavy atom. The van der Waals surface area contributed by atoms with Crippen LogP contribution in [-0.4, -0.2) is 6.29 Å². The van der Waals surface area contributed by atoms with Crippen molar-refractivity contribution >= 4 is 17.7 Å². The summed E-state index contributed by atoms with van der Waals surface area (Å²) in [5.41, 5.74) is 14.6. The Morgan fingerprint density at radius 3 is 2.33 bits per heavy atom. The first-order valence-corrected chi connectivity index (χ1v) is 3.68. The van der Waals surface area contributed by atoms with Crippen LogP contribution in [0.4, 0.5) is 11.4 Å². The lowest BCUT2D eigenvalue weighted by molar-refractivity contribution is 0.112. The van der Waals surface area contributed by atoms with Gasteiger partial charge in [0.1, 0.15) is 6.29 Å². The van der Waals surface area contributed by atoms with E-state index < -0.39 is 0 Å². The van der Waals surface area contributed by atoms with E-state index in [0.29, 0.717) is 16.9 Å². The molecule has 1 aromatic rings. The molecule has 12 heavy (non-hydrogen) atoms. The van der Waals surface area contributed by atoms with E-state index in [0.717, 1.165) is 17.4 Å². The molecule has 4 N–H and O–H groups in total. The second-order valence-electron chi connectivity index (χ2n) is 2.85. The normalized spacial score (nSPS) is 9.83. The maximum atomic E-state index is 10.5. The average molecular weight is 164 g/mol. The van der Waals surface area contributed by atoms with Gasteiger partial charge in [-0.2, -0.15) is 0 Å². The standard InChI is InChI=1S/C9H12N2O/c1-5-3-7(4-12)6(2)9(11)8(5)10/h3-4H,10-11H2,1-2H3. The second-order valence-corrected chi connectivity index (χ2v) is 2.85. The molecule has 0 radical (unpaired) electrons. The smallest absolute Gasteiger partial charge is 0.150 e. The molecule has 0 aliphatic heterocycles. The number of carbonyl (C=O) groups is 1. The number of nitrogen functional groups attached to an aromatic ring is 2. The van der Waals surface area contributed by atoms with Gasteiger partial charge >= 0.3 is 0 Å². The van der Waals surface area contributed by atoms with Crippen LogP contribution >= 0.6 is 0 Å². The van der Waals surface area contributed by atoms with Crippen molar-refractivity contribution in [3.8, 4) is 0 Å². The third-order valence-electron chi connectivity index (χ3n) is 2.05. The Labute approximate surface area is 71.4 Å². The molecule has 3 heteroatoms. The first-order valence-electron chi connectivity index (χ1n) is 3.68. The molecule has 1 rings (SSSR count). The SMILES string of the molecule is Cc1cc(C=O)c(C)c(N)c1N. The molecule has 0 saturated heterocycles. The minimum Gasteiger partial charge on any atom is -0.397 e. The summed E-state index contributed by atoms with van der Waals surface area (Å²) in [5, 5.41) is 0. The summed E-state index contributed by atoms with van der Waals surface area (Å²) < 4.78 is 0. The first kappa shape index (κ1) is 8.59. The zero-order valence-corrected chi connectivity index (χ0v) is 7.22.